The Morgan fingerprint density at radius 1 is 1.24 bits per heavy atom. The number of nitrogens with one attached hydrogen (secondary N) is 1. The summed E-state index contributed by atoms with van der Waals surface area (Å²) in [7, 11) is 0. The quantitative estimate of drug-likeness (QED) is 0.815. The highest BCUT2D eigenvalue weighted by Gasteiger charge is 2.35. The maximum absolute atomic E-state index is 5.64. The van der Waals surface area contributed by atoms with Crippen molar-refractivity contribution in [2.45, 2.75) is 37.8 Å². The molecule has 3 N–H and O–H groups in total. The van der Waals surface area contributed by atoms with Crippen LogP contribution in [0.5, 0.6) is 0 Å². The predicted molar refractivity (Wildman–Crippen MR) is 69.9 cm³/mol. The second-order valence-corrected chi connectivity index (χ2v) is 5.12. The molecule has 2 aliphatic rings. The van der Waals surface area contributed by atoms with Crippen molar-refractivity contribution >= 4 is 11.5 Å². The molecule has 0 aliphatic carbocycles. The molecule has 2 unspecified atom stereocenters. The van der Waals surface area contributed by atoms with Gasteiger partial charge in [0.1, 0.15) is 5.82 Å². The number of nitrogens with zero attached hydrogens (tertiary/aromatic N) is 2. The number of hydrogen-bond acceptors (Lipinski definition) is 4. The molecule has 17 heavy (non-hydrogen) atoms. The molecule has 4 nitrogen and oxygen atoms in total. The fourth-order valence-electron chi connectivity index (χ4n) is 3.10. The van der Waals surface area contributed by atoms with Crippen molar-refractivity contribution in [1.29, 1.82) is 0 Å². The molecule has 3 rings (SSSR count). The molecule has 3 heterocycles. The highest BCUT2D eigenvalue weighted by atomic mass is 15.2. The van der Waals surface area contributed by atoms with Crippen LogP contribution >= 0.6 is 0 Å². The predicted octanol–water partition coefficient (Wildman–Crippen LogP) is 1.70. The van der Waals surface area contributed by atoms with Crippen molar-refractivity contribution in [2.24, 2.45) is 0 Å². The SMILES string of the molecule is Nc1ccc(NC2CCN3CCCCC23)nc1. The van der Waals surface area contributed by atoms with Gasteiger partial charge in [0.15, 0.2) is 0 Å². The van der Waals surface area contributed by atoms with Crippen LogP contribution in [0.4, 0.5) is 11.5 Å². The zero-order chi connectivity index (χ0) is 11.7. The van der Waals surface area contributed by atoms with E-state index in [1.807, 2.05) is 12.1 Å². The van der Waals surface area contributed by atoms with Gasteiger partial charge >= 0.3 is 0 Å². The lowest BCUT2D eigenvalue weighted by Crippen LogP contribution is -2.41. The van der Waals surface area contributed by atoms with E-state index in [9.17, 15) is 0 Å². The third-order valence-corrected chi connectivity index (χ3v) is 3.98. The van der Waals surface area contributed by atoms with E-state index in [1.54, 1.807) is 6.20 Å². The fraction of sp³-hybridized carbons (Fsp3) is 0.615. The van der Waals surface area contributed by atoms with E-state index in [4.69, 9.17) is 5.73 Å². The summed E-state index contributed by atoms with van der Waals surface area (Å²) in [5, 5.41) is 3.56. The van der Waals surface area contributed by atoms with E-state index in [-0.39, 0.29) is 0 Å². The highest BCUT2D eigenvalue weighted by molar-refractivity contribution is 5.44. The molecule has 0 spiro atoms. The lowest BCUT2D eigenvalue weighted by atomic mass is 9.99. The first-order chi connectivity index (χ1) is 8.33. The fourth-order valence-corrected chi connectivity index (χ4v) is 3.10. The zero-order valence-corrected chi connectivity index (χ0v) is 10.1. The average molecular weight is 232 g/mol. The number of anilines is 2. The summed E-state index contributed by atoms with van der Waals surface area (Å²) in [5.41, 5.74) is 6.37. The summed E-state index contributed by atoms with van der Waals surface area (Å²) in [6.07, 6.45) is 7.01. The van der Waals surface area contributed by atoms with Crippen LogP contribution < -0.4 is 11.1 Å². The number of aromatic nitrogens is 1. The van der Waals surface area contributed by atoms with Crippen molar-refractivity contribution in [3.8, 4) is 0 Å². The van der Waals surface area contributed by atoms with Gasteiger partial charge in [-0.25, -0.2) is 4.98 Å². The van der Waals surface area contributed by atoms with Crippen LogP contribution in [0.15, 0.2) is 18.3 Å². The molecule has 1 aromatic heterocycles. The van der Waals surface area contributed by atoms with E-state index in [0.29, 0.717) is 12.1 Å². The number of fused-ring (bicyclic) bond motifs is 1. The molecule has 0 radical (unpaired) electrons. The minimum atomic E-state index is 0.562. The molecule has 2 fully saturated rings. The molecule has 2 atom stereocenters. The second kappa shape index (κ2) is 4.53. The monoisotopic (exact) mass is 232 g/mol. The van der Waals surface area contributed by atoms with Gasteiger partial charge in [0.2, 0.25) is 0 Å². The number of rotatable bonds is 2. The minimum absolute atomic E-state index is 0.562. The topological polar surface area (TPSA) is 54.2 Å². The molecule has 0 bridgehead atoms. The number of pyridine rings is 1. The molecular formula is C13H20N4. The third-order valence-electron chi connectivity index (χ3n) is 3.98. The summed E-state index contributed by atoms with van der Waals surface area (Å²) in [5.74, 6) is 0.955. The van der Waals surface area contributed by atoms with Crippen molar-refractivity contribution in [1.82, 2.24) is 9.88 Å². The first kappa shape index (κ1) is 10.8. The maximum Gasteiger partial charge on any atom is 0.126 e. The molecule has 1 aromatic rings. The first-order valence-corrected chi connectivity index (χ1v) is 6.55. The van der Waals surface area contributed by atoms with Gasteiger partial charge in [0.25, 0.3) is 0 Å². The Morgan fingerprint density at radius 2 is 2.18 bits per heavy atom. The average Bonchev–Trinajstić information content (AvgIpc) is 2.76. The first-order valence-electron chi connectivity index (χ1n) is 6.55. The zero-order valence-electron chi connectivity index (χ0n) is 10.1. The van der Waals surface area contributed by atoms with Crippen LogP contribution in [0.25, 0.3) is 0 Å². The molecule has 4 heteroatoms. The van der Waals surface area contributed by atoms with E-state index < -0.39 is 0 Å². The van der Waals surface area contributed by atoms with Gasteiger partial charge in [0.05, 0.1) is 11.9 Å². The van der Waals surface area contributed by atoms with Gasteiger partial charge in [-0.3, -0.25) is 4.90 Å². The Bertz CT molecular complexity index is 376. The summed E-state index contributed by atoms with van der Waals surface area (Å²) in [6.45, 7) is 2.51. The lowest BCUT2D eigenvalue weighted by Gasteiger charge is -2.32. The Kier molecular flexibility index (Phi) is 2.89. The van der Waals surface area contributed by atoms with Crippen molar-refractivity contribution in [3.63, 3.8) is 0 Å². The standard InChI is InChI=1S/C13H20N4/c14-10-4-5-13(15-9-10)16-11-6-8-17-7-2-1-3-12(11)17/h4-5,9,11-12H,1-3,6-8,14H2,(H,15,16). The van der Waals surface area contributed by atoms with Gasteiger partial charge in [-0.2, -0.15) is 0 Å². The maximum atomic E-state index is 5.64. The van der Waals surface area contributed by atoms with Crippen molar-refractivity contribution < 1.29 is 0 Å². The van der Waals surface area contributed by atoms with Crippen LogP contribution in [0, 0.1) is 0 Å². The normalized spacial score (nSPS) is 28.9. The molecular weight excluding hydrogens is 212 g/mol. The van der Waals surface area contributed by atoms with Gasteiger partial charge in [-0.15, -0.1) is 0 Å². The van der Waals surface area contributed by atoms with Crippen LogP contribution in [0.1, 0.15) is 25.7 Å². The van der Waals surface area contributed by atoms with E-state index in [0.717, 1.165) is 11.5 Å². The van der Waals surface area contributed by atoms with E-state index >= 15 is 0 Å². The summed E-state index contributed by atoms with van der Waals surface area (Å²) in [4.78, 5) is 6.95. The van der Waals surface area contributed by atoms with Gasteiger partial charge < -0.3 is 11.1 Å². The van der Waals surface area contributed by atoms with Crippen molar-refractivity contribution in [2.75, 3.05) is 24.1 Å². The lowest BCUT2D eigenvalue weighted by molar-refractivity contribution is 0.192. The number of piperidine rings is 1. The van der Waals surface area contributed by atoms with Gasteiger partial charge in [0, 0.05) is 18.6 Å². The molecule has 2 saturated heterocycles. The summed E-state index contributed by atoms with van der Waals surface area (Å²) in [6, 6.07) is 5.15. The van der Waals surface area contributed by atoms with Crippen LogP contribution in [0.2, 0.25) is 0 Å². The molecule has 2 aliphatic heterocycles. The Morgan fingerprint density at radius 3 is 3.00 bits per heavy atom. The highest BCUT2D eigenvalue weighted by Crippen LogP contribution is 2.28. The van der Waals surface area contributed by atoms with Crippen molar-refractivity contribution in [3.05, 3.63) is 18.3 Å². The Balaban J connectivity index is 1.67. The molecule has 92 valence electrons. The van der Waals surface area contributed by atoms with Crippen LogP contribution in [-0.2, 0) is 0 Å². The van der Waals surface area contributed by atoms with Crippen LogP contribution in [0.3, 0.4) is 0 Å². The number of nitrogens with two attached hydrogens (primary N) is 1. The largest absolute Gasteiger partial charge is 0.397 e. The Hall–Kier alpha value is -1.29. The number of hydrogen-bond donors (Lipinski definition) is 2. The second-order valence-electron chi connectivity index (χ2n) is 5.12. The molecule has 0 saturated carbocycles. The van der Waals surface area contributed by atoms with Gasteiger partial charge in [-0.05, 0) is 37.9 Å². The van der Waals surface area contributed by atoms with Gasteiger partial charge in [-0.1, -0.05) is 6.42 Å². The smallest absolute Gasteiger partial charge is 0.126 e. The summed E-state index contributed by atoms with van der Waals surface area (Å²) >= 11 is 0. The van der Waals surface area contributed by atoms with Crippen LogP contribution in [-0.4, -0.2) is 35.1 Å². The third kappa shape index (κ3) is 2.22. The molecule has 0 amide bonds. The summed E-state index contributed by atoms with van der Waals surface area (Å²) < 4.78 is 0. The molecule has 0 aromatic carbocycles. The Labute approximate surface area is 102 Å². The minimum Gasteiger partial charge on any atom is -0.397 e. The number of nitrogen functional groups attached to an aromatic ring is 1. The van der Waals surface area contributed by atoms with E-state index in [1.165, 1.54) is 38.8 Å². The van der Waals surface area contributed by atoms with E-state index in [2.05, 4.69) is 15.2 Å².